The quantitative estimate of drug-likeness (QED) is 0.0399. The van der Waals surface area contributed by atoms with E-state index in [1.165, 1.54) is 0 Å². The van der Waals surface area contributed by atoms with Gasteiger partial charge in [0, 0.05) is 5.56 Å². The summed E-state index contributed by atoms with van der Waals surface area (Å²) in [5, 5.41) is 0. The molecular formula is C42H42O7S. The molecule has 8 heteroatoms. The van der Waals surface area contributed by atoms with Crippen LogP contribution in [0, 0.1) is 0 Å². The molecule has 50 heavy (non-hydrogen) atoms. The van der Waals surface area contributed by atoms with Crippen LogP contribution in [0.5, 0.6) is 17.2 Å². The monoisotopic (exact) mass is 690 g/mol. The molecule has 0 bridgehead atoms. The molecule has 0 atom stereocenters. The van der Waals surface area contributed by atoms with Crippen LogP contribution in [0.15, 0.2) is 133 Å². The first kappa shape index (κ1) is 36.1. The van der Waals surface area contributed by atoms with Gasteiger partial charge in [-0.15, -0.1) is 0 Å². The predicted octanol–water partition coefficient (Wildman–Crippen LogP) is 9.18. The highest BCUT2D eigenvalue weighted by Crippen LogP contribution is 2.38. The van der Waals surface area contributed by atoms with Crippen LogP contribution in [0.3, 0.4) is 0 Å². The second kappa shape index (κ2) is 18.5. The van der Waals surface area contributed by atoms with Crippen molar-refractivity contribution >= 4 is 27.6 Å². The van der Waals surface area contributed by atoms with Gasteiger partial charge in [-0.25, -0.2) is 0 Å². The number of carbonyl (C=O) groups is 1. The van der Waals surface area contributed by atoms with E-state index in [1.54, 1.807) is 12.1 Å². The third-order valence-corrected chi connectivity index (χ3v) is 8.87. The molecule has 0 saturated carbocycles. The minimum absolute atomic E-state index is 0.180. The molecule has 5 aromatic rings. The minimum Gasteiger partial charge on any atom is -0.494 e. The van der Waals surface area contributed by atoms with E-state index in [4.69, 9.17) is 18.8 Å². The average Bonchev–Trinajstić information content (AvgIpc) is 3.15. The number of benzene rings is 5. The van der Waals surface area contributed by atoms with E-state index < -0.39 is 10.1 Å². The topological polar surface area (TPSA) is 99.1 Å². The van der Waals surface area contributed by atoms with Crippen molar-refractivity contribution in [2.24, 2.45) is 0 Å². The first-order chi connectivity index (χ1) is 24.4. The van der Waals surface area contributed by atoms with Gasteiger partial charge in [0.25, 0.3) is 10.1 Å². The standard InChI is InChI=1S/C42H42O7S/c43-32-33-16-22-38(23-17-33)47-28-9-1-2-10-29-48-39-24-18-36(19-25-39)41(34-12-5-3-6-13-34)42(35-14-7-4-8-15-35)37-20-26-40(27-21-37)49-30-11-31-50(44,45)46/h3-8,12-27,32H,1-2,9-11,28-31H2,(H,44,45,46)/b42-41+. The second-order valence-electron chi connectivity index (χ2n) is 11.8. The maximum Gasteiger partial charge on any atom is 0.264 e. The summed E-state index contributed by atoms with van der Waals surface area (Å²) in [6.07, 6.45) is 5.01. The van der Waals surface area contributed by atoms with Gasteiger partial charge in [0.05, 0.1) is 25.6 Å². The van der Waals surface area contributed by atoms with Crippen LogP contribution >= 0.6 is 0 Å². The smallest absolute Gasteiger partial charge is 0.264 e. The van der Waals surface area contributed by atoms with Crippen LogP contribution in [0.25, 0.3) is 11.1 Å². The highest BCUT2D eigenvalue weighted by Gasteiger charge is 2.17. The van der Waals surface area contributed by atoms with Crippen LogP contribution in [0.2, 0.25) is 0 Å². The third kappa shape index (κ3) is 11.2. The maximum absolute atomic E-state index is 11.0. The summed E-state index contributed by atoms with van der Waals surface area (Å²) in [6, 6.07) is 43.8. The molecule has 0 aliphatic heterocycles. The Morgan fingerprint density at radius 2 is 0.840 bits per heavy atom. The SMILES string of the molecule is O=Cc1ccc(OCCCCCCOc2ccc(/C(=C(\c3ccccc3)c3ccc(OCCCS(=O)(=O)O)cc3)c3ccccc3)cc2)cc1. The molecule has 0 radical (unpaired) electrons. The van der Waals surface area contributed by atoms with Crippen molar-refractivity contribution < 1.29 is 32.0 Å². The van der Waals surface area contributed by atoms with E-state index in [2.05, 4.69) is 36.4 Å². The van der Waals surface area contributed by atoms with Gasteiger partial charge in [0.2, 0.25) is 0 Å². The van der Waals surface area contributed by atoms with Crippen molar-refractivity contribution in [2.45, 2.75) is 32.1 Å². The zero-order valence-electron chi connectivity index (χ0n) is 27.9. The molecule has 7 nitrogen and oxygen atoms in total. The number of unbranched alkanes of at least 4 members (excludes halogenated alkanes) is 3. The van der Waals surface area contributed by atoms with Crippen LogP contribution in [0.1, 0.15) is 64.7 Å². The molecule has 0 spiro atoms. The van der Waals surface area contributed by atoms with Crippen LogP contribution in [0.4, 0.5) is 0 Å². The molecule has 0 amide bonds. The molecule has 0 unspecified atom stereocenters. The molecular weight excluding hydrogens is 649 g/mol. The lowest BCUT2D eigenvalue weighted by Gasteiger charge is -2.19. The van der Waals surface area contributed by atoms with E-state index in [9.17, 15) is 13.2 Å². The zero-order valence-corrected chi connectivity index (χ0v) is 28.8. The van der Waals surface area contributed by atoms with Gasteiger partial charge in [-0.3, -0.25) is 9.35 Å². The Morgan fingerprint density at radius 3 is 1.22 bits per heavy atom. The second-order valence-corrected chi connectivity index (χ2v) is 13.4. The molecule has 1 N–H and O–H groups in total. The Morgan fingerprint density at radius 1 is 0.480 bits per heavy atom. The highest BCUT2D eigenvalue weighted by atomic mass is 32.2. The summed E-state index contributed by atoms with van der Waals surface area (Å²) in [4.78, 5) is 10.8. The fourth-order valence-corrected chi connectivity index (χ4v) is 6.05. The van der Waals surface area contributed by atoms with Crippen molar-refractivity contribution in [1.82, 2.24) is 0 Å². The Labute approximate surface area is 294 Å². The molecule has 0 fully saturated rings. The number of carbonyl (C=O) groups excluding carboxylic acids is 1. The lowest BCUT2D eigenvalue weighted by Crippen LogP contribution is -2.08. The van der Waals surface area contributed by atoms with Gasteiger partial charge in [-0.1, -0.05) is 84.9 Å². The first-order valence-electron chi connectivity index (χ1n) is 16.8. The molecule has 0 aliphatic carbocycles. The molecule has 0 aromatic heterocycles. The van der Waals surface area contributed by atoms with E-state index in [1.807, 2.05) is 84.9 Å². The number of hydrogen-bond donors (Lipinski definition) is 1. The lowest BCUT2D eigenvalue weighted by molar-refractivity contribution is 0.112. The van der Waals surface area contributed by atoms with Crippen molar-refractivity contribution in [2.75, 3.05) is 25.6 Å². The largest absolute Gasteiger partial charge is 0.494 e. The van der Waals surface area contributed by atoms with Gasteiger partial charge >= 0.3 is 0 Å². The fraction of sp³-hybridized carbons (Fsp3) is 0.214. The summed E-state index contributed by atoms with van der Waals surface area (Å²) >= 11 is 0. The Kier molecular flexibility index (Phi) is 13.4. The van der Waals surface area contributed by atoms with Crippen molar-refractivity contribution in [3.05, 3.63) is 161 Å². The molecule has 0 saturated heterocycles. The van der Waals surface area contributed by atoms with Gasteiger partial charge in [-0.2, -0.15) is 8.42 Å². The summed E-state index contributed by atoms with van der Waals surface area (Å²) in [7, 11) is -4.02. The van der Waals surface area contributed by atoms with Gasteiger partial charge in [-0.05, 0) is 114 Å². The molecule has 5 aromatic carbocycles. The predicted molar refractivity (Wildman–Crippen MR) is 199 cm³/mol. The Balaban J connectivity index is 1.25. The van der Waals surface area contributed by atoms with Crippen LogP contribution in [-0.2, 0) is 10.1 Å². The van der Waals surface area contributed by atoms with Crippen LogP contribution in [-0.4, -0.2) is 44.8 Å². The lowest BCUT2D eigenvalue weighted by atomic mass is 9.86. The van der Waals surface area contributed by atoms with Crippen LogP contribution < -0.4 is 14.2 Å². The van der Waals surface area contributed by atoms with E-state index in [0.29, 0.717) is 24.5 Å². The minimum atomic E-state index is -4.02. The summed E-state index contributed by atoms with van der Waals surface area (Å²) < 4.78 is 48.7. The van der Waals surface area contributed by atoms with Gasteiger partial charge < -0.3 is 14.2 Å². The fourth-order valence-electron chi connectivity index (χ4n) is 5.57. The first-order valence-corrected chi connectivity index (χ1v) is 18.5. The highest BCUT2D eigenvalue weighted by molar-refractivity contribution is 7.85. The average molecular weight is 691 g/mol. The number of aldehydes is 1. The van der Waals surface area contributed by atoms with Gasteiger partial charge in [0.15, 0.2) is 0 Å². The third-order valence-electron chi connectivity index (χ3n) is 8.07. The van der Waals surface area contributed by atoms with E-state index in [0.717, 1.165) is 76.9 Å². The Hall–Kier alpha value is -5.18. The zero-order chi connectivity index (χ0) is 35.0. The van der Waals surface area contributed by atoms with E-state index in [-0.39, 0.29) is 18.8 Å². The summed E-state index contributed by atoms with van der Waals surface area (Å²) in [6.45, 7) is 1.45. The summed E-state index contributed by atoms with van der Waals surface area (Å²) in [5.74, 6) is 1.88. The number of ether oxygens (including phenoxy) is 3. The van der Waals surface area contributed by atoms with Gasteiger partial charge in [0.1, 0.15) is 23.5 Å². The Bertz CT molecular complexity index is 1900. The van der Waals surface area contributed by atoms with Crippen molar-refractivity contribution in [1.29, 1.82) is 0 Å². The molecule has 5 rings (SSSR count). The van der Waals surface area contributed by atoms with Crippen molar-refractivity contribution in [3.63, 3.8) is 0 Å². The molecule has 0 aliphatic rings. The number of hydrogen-bond acceptors (Lipinski definition) is 6. The summed E-state index contributed by atoms with van der Waals surface area (Å²) in [5.41, 5.74) is 6.97. The van der Waals surface area contributed by atoms with Crippen molar-refractivity contribution in [3.8, 4) is 17.2 Å². The molecule has 258 valence electrons. The number of rotatable bonds is 19. The molecule has 0 heterocycles. The normalized spacial score (nSPS) is 11.8. The van der Waals surface area contributed by atoms with E-state index >= 15 is 0 Å². The maximum atomic E-state index is 11.0.